The maximum Gasteiger partial charge on any atom is 0.268 e. The lowest BCUT2D eigenvalue weighted by Gasteiger charge is -2.17. The SMILES string of the molecule is CNC(=O)[C@H](CCc1ccccc1)NC(=O)c1cc(Cl)c[nH]1. The number of carbonyl (C=O) groups excluding carboxylic acids is 2. The number of nitrogens with one attached hydrogen (secondary N) is 3. The van der Waals surface area contributed by atoms with E-state index < -0.39 is 6.04 Å². The Bertz CT molecular complexity index is 640. The molecule has 6 heteroatoms. The Morgan fingerprint density at radius 1 is 1.27 bits per heavy atom. The van der Waals surface area contributed by atoms with E-state index in [-0.39, 0.29) is 11.8 Å². The number of hydrogen-bond donors (Lipinski definition) is 3. The molecule has 0 aliphatic carbocycles. The van der Waals surface area contributed by atoms with Crippen molar-refractivity contribution in [2.45, 2.75) is 18.9 Å². The number of halogens is 1. The molecule has 0 saturated heterocycles. The van der Waals surface area contributed by atoms with E-state index in [9.17, 15) is 9.59 Å². The molecule has 0 unspecified atom stereocenters. The molecule has 2 amide bonds. The Kier molecular flexibility index (Phi) is 5.61. The standard InChI is InChI=1S/C16H18ClN3O2/c1-18-15(21)13(8-7-11-5-3-2-4-6-11)20-16(22)14-9-12(17)10-19-14/h2-6,9-10,13,19H,7-8H2,1H3,(H,18,21)(H,20,22)/t13-/m0/s1. The minimum absolute atomic E-state index is 0.220. The molecule has 3 N–H and O–H groups in total. The summed E-state index contributed by atoms with van der Waals surface area (Å²) in [4.78, 5) is 26.8. The molecule has 1 aromatic carbocycles. The van der Waals surface area contributed by atoms with Crippen molar-refractivity contribution < 1.29 is 9.59 Å². The van der Waals surface area contributed by atoms with Gasteiger partial charge in [-0.1, -0.05) is 41.9 Å². The molecule has 0 aliphatic rings. The van der Waals surface area contributed by atoms with E-state index in [1.165, 1.54) is 12.3 Å². The molecule has 0 aliphatic heterocycles. The summed E-state index contributed by atoms with van der Waals surface area (Å²) in [5, 5.41) is 5.75. The van der Waals surface area contributed by atoms with Gasteiger partial charge in [0.2, 0.25) is 5.91 Å². The van der Waals surface area contributed by atoms with Crippen LogP contribution in [-0.2, 0) is 11.2 Å². The van der Waals surface area contributed by atoms with E-state index in [4.69, 9.17) is 11.6 Å². The van der Waals surface area contributed by atoms with Crippen molar-refractivity contribution in [3.63, 3.8) is 0 Å². The van der Waals surface area contributed by atoms with Gasteiger partial charge in [0.15, 0.2) is 0 Å². The summed E-state index contributed by atoms with van der Waals surface area (Å²) < 4.78 is 0. The molecule has 0 fully saturated rings. The van der Waals surface area contributed by atoms with Gasteiger partial charge in [0.1, 0.15) is 11.7 Å². The topological polar surface area (TPSA) is 74.0 Å². The first kappa shape index (κ1) is 16.1. The highest BCUT2D eigenvalue weighted by atomic mass is 35.5. The van der Waals surface area contributed by atoms with Crippen LogP contribution in [0.25, 0.3) is 0 Å². The van der Waals surface area contributed by atoms with Crippen LogP contribution in [0, 0.1) is 0 Å². The van der Waals surface area contributed by atoms with Crippen LogP contribution in [0.15, 0.2) is 42.6 Å². The Morgan fingerprint density at radius 2 is 2.00 bits per heavy atom. The first-order valence-corrected chi connectivity index (χ1v) is 7.38. The third kappa shape index (κ3) is 4.36. The van der Waals surface area contributed by atoms with Crippen LogP contribution in [-0.4, -0.2) is 29.9 Å². The van der Waals surface area contributed by atoms with Gasteiger partial charge in [-0.2, -0.15) is 0 Å². The van der Waals surface area contributed by atoms with Gasteiger partial charge in [0.05, 0.1) is 5.02 Å². The van der Waals surface area contributed by atoms with Gasteiger partial charge in [-0.3, -0.25) is 9.59 Å². The van der Waals surface area contributed by atoms with Crippen molar-refractivity contribution in [2.24, 2.45) is 0 Å². The van der Waals surface area contributed by atoms with E-state index in [0.29, 0.717) is 23.6 Å². The van der Waals surface area contributed by atoms with Gasteiger partial charge < -0.3 is 15.6 Å². The molecule has 0 saturated carbocycles. The molecule has 22 heavy (non-hydrogen) atoms. The lowest BCUT2D eigenvalue weighted by atomic mass is 10.0. The summed E-state index contributed by atoms with van der Waals surface area (Å²) in [6.45, 7) is 0. The van der Waals surface area contributed by atoms with E-state index in [0.717, 1.165) is 5.56 Å². The fourth-order valence-corrected chi connectivity index (χ4v) is 2.30. The minimum Gasteiger partial charge on any atom is -0.357 e. The summed E-state index contributed by atoms with van der Waals surface area (Å²) in [6, 6.07) is 10.7. The second kappa shape index (κ2) is 7.66. The minimum atomic E-state index is -0.597. The van der Waals surface area contributed by atoms with Gasteiger partial charge in [0.25, 0.3) is 5.91 Å². The fourth-order valence-electron chi connectivity index (χ4n) is 2.13. The van der Waals surface area contributed by atoms with Gasteiger partial charge >= 0.3 is 0 Å². The van der Waals surface area contributed by atoms with Crippen LogP contribution in [0.2, 0.25) is 5.02 Å². The second-order valence-electron chi connectivity index (χ2n) is 4.90. The highest BCUT2D eigenvalue weighted by Gasteiger charge is 2.20. The molecule has 2 rings (SSSR count). The van der Waals surface area contributed by atoms with Gasteiger partial charge in [-0.15, -0.1) is 0 Å². The molecule has 2 aromatic rings. The van der Waals surface area contributed by atoms with E-state index in [1.54, 1.807) is 7.05 Å². The number of carbonyl (C=O) groups is 2. The first-order valence-electron chi connectivity index (χ1n) is 7.00. The van der Waals surface area contributed by atoms with Crippen LogP contribution in [0.5, 0.6) is 0 Å². The van der Waals surface area contributed by atoms with Crippen molar-refractivity contribution in [1.29, 1.82) is 0 Å². The summed E-state index contributed by atoms with van der Waals surface area (Å²) in [5.41, 5.74) is 1.45. The number of aromatic amines is 1. The summed E-state index contributed by atoms with van der Waals surface area (Å²) >= 11 is 5.78. The molecule has 0 spiro atoms. The predicted octanol–water partition coefficient (Wildman–Crippen LogP) is 2.15. The largest absolute Gasteiger partial charge is 0.357 e. The van der Waals surface area contributed by atoms with Crippen LogP contribution in [0.3, 0.4) is 0 Å². The molecule has 116 valence electrons. The quantitative estimate of drug-likeness (QED) is 0.763. The Labute approximate surface area is 134 Å². The Balaban J connectivity index is 2.00. The zero-order valence-corrected chi connectivity index (χ0v) is 13.0. The smallest absolute Gasteiger partial charge is 0.268 e. The average Bonchev–Trinajstić information content (AvgIpc) is 2.98. The van der Waals surface area contributed by atoms with Gasteiger partial charge in [-0.25, -0.2) is 0 Å². The highest BCUT2D eigenvalue weighted by molar-refractivity contribution is 6.31. The second-order valence-corrected chi connectivity index (χ2v) is 5.33. The van der Waals surface area contributed by atoms with E-state index >= 15 is 0 Å². The zero-order chi connectivity index (χ0) is 15.9. The number of likely N-dealkylation sites (N-methyl/N-ethyl adjacent to an activating group) is 1. The normalized spacial score (nSPS) is 11.7. The van der Waals surface area contributed by atoms with Crippen LogP contribution < -0.4 is 10.6 Å². The van der Waals surface area contributed by atoms with Crippen molar-refractivity contribution in [3.05, 3.63) is 58.9 Å². The van der Waals surface area contributed by atoms with Gasteiger partial charge in [0, 0.05) is 13.2 Å². The molecule has 5 nitrogen and oxygen atoms in total. The van der Waals surface area contributed by atoms with Crippen LogP contribution in [0.4, 0.5) is 0 Å². The summed E-state index contributed by atoms with van der Waals surface area (Å²) in [5.74, 6) is -0.574. The molecule has 0 radical (unpaired) electrons. The number of amides is 2. The average molecular weight is 320 g/mol. The number of hydrogen-bond acceptors (Lipinski definition) is 2. The molecular formula is C16H18ClN3O2. The Morgan fingerprint density at radius 3 is 2.59 bits per heavy atom. The molecule has 0 bridgehead atoms. The molecule has 1 heterocycles. The maximum atomic E-state index is 12.1. The van der Waals surface area contributed by atoms with Crippen LogP contribution in [0.1, 0.15) is 22.5 Å². The lowest BCUT2D eigenvalue weighted by Crippen LogP contribution is -2.46. The number of aromatic nitrogens is 1. The van der Waals surface area contributed by atoms with Crippen molar-refractivity contribution in [2.75, 3.05) is 7.05 Å². The first-order chi connectivity index (χ1) is 10.6. The monoisotopic (exact) mass is 319 g/mol. The van der Waals surface area contributed by atoms with Gasteiger partial charge in [-0.05, 0) is 24.5 Å². The molecule has 1 atom stereocenters. The zero-order valence-electron chi connectivity index (χ0n) is 12.2. The highest BCUT2D eigenvalue weighted by Crippen LogP contribution is 2.10. The number of rotatable bonds is 6. The third-order valence-corrected chi connectivity index (χ3v) is 3.54. The predicted molar refractivity (Wildman–Crippen MR) is 85.9 cm³/mol. The van der Waals surface area contributed by atoms with E-state index in [2.05, 4.69) is 15.6 Å². The Hall–Kier alpha value is -2.27. The van der Waals surface area contributed by atoms with Crippen LogP contribution >= 0.6 is 11.6 Å². The summed E-state index contributed by atoms with van der Waals surface area (Å²) in [7, 11) is 1.55. The molecular weight excluding hydrogens is 302 g/mol. The van der Waals surface area contributed by atoms with Crippen molar-refractivity contribution in [1.82, 2.24) is 15.6 Å². The van der Waals surface area contributed by atoms with Crippen molar-refractivity contribution >= 4 is 23.4 Å². The third-order valence-electron chi connectivity index (χ3n) is 3.33. The lowest BCUT2D eigenvalue weighted by molar-refractivity contribution is -0.122. The number of aryl methyl sites for hydroxylation is 1. The van der Waals surface area contributed by atoms with E-state index in [1.807, 2.05) is 30.3 Å². The maximum absolute atomic E-state index is 12.1. The van der Waals surface area contributed by atoms with Crippen molar-refractivity contribution in [3.8, 4) is 0 Å². The molecule has 1 aromatic heterocycles. The fraction of sp³-hybridized carbons (Fsp3) is 0.250. The number of H-pyrrole nitrogens is 1. The number of benzene rings is 1. The summed E-state index contributed by atoms with van der Waals surface area (Å²) in [6.07, 6.45) is 2.74.